The lowest BCUT2D eigenvalue weighted by molar-refractivity contribution is 0.648. The normalized spacial score (nSPS) is 11.4. The topological polar surface area (TPSA) is 115 Å². The smallest absolute Gasteiger partial charge is 0.332 e. The maximum atomic E-state index is 13.2. The number of anilines is 2. The number of aromatic amines is 1. The Morgan fingerprint density at radius 2 is 1.80 bits per heavy atom. The molecule has 0 aliphatic carbocycles. The van der Waals surface area contributed by atoms with Crippen molar-refractivity contribution in [2.75, 3.05) is 5.32 Å². The predicted octanol–water partition coefficient (Wildman–Crippen LogP) is 1.50. The van der Waals surface area contributed by atoms with Crippen molar-refractivity contribution in [3.63, 3.8) is 0 Å². The molecule has 0 fully saturated rings. The van der Waals surface area contributed by atoms with Crippen LogP contribution in [0.3, 0.4) is 0 Å². The molecule has 0 amide bonds. The molecule has 5 aromatic heterocycles. The Morgan fingerprint density at radius 3 is 2.57 bits per heavy atom. The molecule has 5 aromatic rings. The quantitative estimate of drug-likeness (QED) is 0.471. The number of hydrogen-bond acceptors (Lipinski definition) is 6. The number of aryl methyl sites for hydroxylation is 2. The molecule has 10 heteroatoms. The van der Waals surface area contributed by atoms with Crippen LogP contribution in [0.5, 0.6) is 0 Å². The van der Waals surface area contributed by atoms with Crippen LogP contribution in [0.1, 0.15) is 5.69 Å². The molecule has 0 aliphatic heterocycles. The number of imidazole rings is 1. The number of nitrogens with one attached hydrogen (secondary N) is 2. The largest absolute Gasteiger partial charge is 0.356 e. The average molecular weight is 402 g/mol. The Morgan fingerprint density at radius 1 is 1.03 bits per heavy atom. The Labute approximate surface area is 169 Å². The summed E-state index contributed by atoms with van der Waals surface area (Å²) in [6, 6.07) is 7.37. The molecule has 0 spiro atoms. The summed E-state index contributed by atoms with van der Waals surface area (Å²) < 4.78 is 4.25. The number of nitrogens with zero attached hydrogens (tertiary/aromatic N) is 6. The van der Waals surface area contributed by atoms with Gasteiger partial charge >= 0.3 is 5.69 Å². The van der Waals surface area contributed by atoms with Gasteiger partial charge in [0.1, 0.15) is 0 Å². The van der Waals surface area contributed by atoms with Gasteiger partial charge in [-0.1, -0.05) is 0 Å². The SMILES string of the molecule is Cn1c(Nc2ccncc2)nc2c1c(=O)n(Cc1cc3ccncc3[nH]1)c(=O)n2C. The molecular formula is C20H18N8O2. The second kappa shape index (κ2) is 6.69. The first-order chi connectivity index (χ1) is 14.5. The van der Waals surface area contributed by atoms with Gasteiger partial charge in [0.25, 0.3) is 5.56 Å². The number of rotatable bonds is 4. The van der Waals surface area contributed by atoms with Crippen LogP contribution in [0.15, 0.2) is 58.6 Å². The van der Waals surface area contributed by atoms with Crippen LogP contribution in [-0.4, -0.2) is 33.6 Å². The summed E-state index contributed by atoms with van der Waals surface area (Å²) in [5.74, 6) is 0.456. The van der Waals surface area contributed by atoms with Crippen molar-refractivity contribution >= 4 is 33.7 Å². The van der Waals surface area contributed by atoms with Crippen molar-refractivity contribution in [1.82, 2.24) is 33.6 Å². The molecule has 10 nitrogen and oxygen atoms in total. The lowest BCUT2D eigenvalue weighted by atomic mass is 10.3. The van der Waals surface area contributed by atoms with Gasteiger partial charge in [-0.25, -0.2) is 4.79 Å². The Bertz CT molecular complexity index is 1470. The summed E-state index contributed by atoms with van der Waals surface area (Å²) in [5.41, 5.74) is 2.20. The van der Waals surface area contributed by atoms with E-state index in [0.717, 1.165) is 22.3 Å². The van der Waals surface area contributed by atoms with Crippen molar-refractivity contribution in [1.29, 1.82) is 0 Å². The summed E-state index contributed by atoms with van der Waals surface area (Å²) in [6.45, 7) is 0.119. The standard InChI is InChI=1S/C20H18N8O2/c1-26-16-17(25-19(26)24-13-4-7-21-8-5-13)27(2)20(30)28(18(16)29)11-14-9-12-3-6-22-10-15(12)23-14/h3-10,23H,11H2,1-2H3,(H,21,24,25). The number of hydrogen-bond donors (Lipinski definition) is 2. The Hall–Kier alpha value is -4.21. The van der Waals surface area contributed by atoms with E-state index in [9.17, 15) is 9.59 Å². The molecular weight excluding hydrogens is 384 g/mol. The van der Waals surface area contributed by atoms with E-state index in [1.54, 1.807) is 55.6 Å². The minimum atomic E-state index is -0.433. The highest BCUT2D eigenvalue weighted by Crippen LogP contribution is 2.18. The van der Waals surface area contributed by atoms with E-state index < -0.39 is 11.2 Å². The molecule has 2 N–H and O–H groups in total. The monoisotopic (exact) mass is 402 g/mol. The van der Waals surface area contributed by atoms with Gasteiger partial charge in [-0.15, -0.1) is 0 Å². The molecule has 30 heavy (non-hydrogen) atoms. The first kappa shape index (κ1) is 17.9. The third-order valence-electron chi connectivity index (χ3n) is 5.10. The van der Waals surface area contributed by atoms with Crippen LogP contribution in [0.25, 0.3) is 22.1 Å². The average Bonchev–Trinajstić information content (AvgIpc) is 3.31. The highest BCUT2D eigenvalue weighted by atomic mass is 16.2. The summed E-state index contributed by atoms with van der Waals surface area (Å²) in [7, 11) is 3.35. The van der Waals surface area contributed by atoms with Crippen molar-refractivity contribution in [2.24, 2.45) is 14.1 Å². The Kier molecular flexibility index (Phi) is 3.98. The third-order valence-corrected chi connectivity index (χ3v) is 5.10. The molecule has 0 saturated carbocycles. The van der Waals surface area contributed by atoms with Gasteiger partial charge in [0.2, 0.25) is 5.95 Å². The molecule has 0 bridgehead atoms. The van der Waals surface area contributed by atoms with Crippen LogP contribution in [0, 0.1) is 0 Å². The lowest BCUT2D eigenvalue weighted by Gasteiger charge is -2.08. The van der Waals surface area contributed by atoms with Gasteiger partial charge < -0.3 is 14.9 Å². The molecule has 5 rings (SSSR count). The minimum absolute atomic E-state index is 0.119. The minimum Gasteiger partial charge on any atom is -0.356 e. The molecule has 0 radical (unpaired) electrons. The van der Waals surface area contributed by atoms with Crippen molar-refractivity contribution in [3.8, 4) is 0 Å². The van der Waals surface area contributed by atoms with Crippen LogP contribution >= 0.6 is 0 Å². The second-order valence-electron chi connectivity index (χ2n) is 7.02. The first-order valence-corrected chi connectivity index (χ1v) is 9.28. The fourth-order valence-electron chi connectivity index (χ4n) is 3.55. The molecule has 0 atom stereocenters. The first-order valence-electron chi connectivity index (χ1n) is 9.28. The van der Waals surface area contributed by atoms with E-state index in [4.69, 9.17) is 0 Å². The van der Waals surface area contributed by atoms with E-state index in [-0.39, 0.29) is 6.54 Å². The van der Waals surface area contributed by atoms with E-state index in [0.29, 0.717) is 17.1 Å². The van der Waals surface area contributed by atoms with Gasteiger partial charge in [-0.3, -0.25) is 23.9 Å². The Balaban J connectivity index is 1.63. The molecule has 150 valence electrons. The summed E-state index contributed by atoms with van der Waals surface area (Å²) in [5, 5.41) is 4.13. The third kappa shape index (κ3) is 2.77. The van der Waals surface area contributed by atoms with Crippen molar-refractivity contribution in [3.05, 3.63) is 75.6 Å². The van der Waals surface area contributed by atoms with Crippen molar-refractivity contribution in [2.45, 2.75) is 6.54 Å². The second-order valence-corrected chi connectivity index (χ2v) is 7.02. The van der Waals surface area contributed by atoms with Crippen LogP contribution in [0.2, 0.25) is 0 Å². The van der Waals surface area contributed by atoms with Crippen LogP contribution < -0.4 is 16.6 Å². The summed E-state index contributed by atoms with van der Waals surface area (Å²) in [6.07, 6.45) is 6.72. The van der Waals surface area contributed by atoms with Crippen molar-refractivity contribution < 1.29 is 0 Å². The number of fused-ring (bicyclic) bond motifs is 2. The lowest BCUT2D eigenvalue weighted by Crippen LogP contribution is -2.39. The van der Waals surface area contributed by atoms with Gasteiger partial charge in [0.15, 0.2) is 11.2 Å². The molecule has 0 aromatic carbocycles. The molecule has 0 unspecified atom stereocenters. The fraction of sp³-hybridized carbons (Fsp3) is 0.150. The number of H-pyrrole nitrogens is 1. The van der Waals surface area contributed by atoms with E-state index in [1.165, 1.54) is 9.13 Å². The van der Waals surface area contributed by atoms with E-state index in [2.05, 4.69) is 25.3 Å². The predicted molar refractivity (Wildman–Crippen MR) is 113 cm³/mol. The van der Waals surface area contributed by atoms with Gasteiger partial charge in [0.05, 0.1) is 18.3 Å². The highest BCUT2D eigenvalue weighted by Gasteiger charge is 2.19. The summed E-state index contributed by atoms with van der Waals surface area (Å²) in [4.78, 5) is 41.9. The zero-order valence-electron chi connectivity index (χ0n) is 16.3. The molecule has 0 aliphatic rings. The molecule has 5 heterocycles. The number of aromatic nitrogens is 7. The highest BCUT2D eigenvalue weighted by molar-refractivity contribution is 5.79. The fourth-order valence-corrected chi connectivity index (χ4v) is 3.55. The molecule has 0 saturated heterocycles. The van der Waals surface area contributed by atoms with Gasteiger partial charge in [0, 0.05) is 49.5 Å². The zero-order chi connectivity index (χ0) is 20.8. The maximum Gasteiger partial charge on any atom is 0.332 e. The maximum absolute atomic E-state index is 13.2. The van der Waals surface area contributed by atoms with Crippen LogP contribution in [-0.2, 0) is 20.6 Å². The van der Waals surface area contributed by atoms with Gasteiger partial charge in [-0.2, -0.15) is 4.98 Å². The van der Waals surface area contributed by atoms with E-state index >= 15 is 0 Å². The van der Waals surface area contributed by atoms with Gasteiger partial charge in [-0.05, 0) is 24.3 Å². The van der Waals surface area contributed by atoms with Crippen LogP contribution in [0.4, 0.5) is 11.6 Å². The summed E-state index contributed by atoms with van der Waals surface area (Å²) >= 11 is 0. The zero-order valence-corrected chi connectivity index (χ0v) is 16.3. The van der Waals surface area contributed by atoms with E-state index in [1.807, 2.05) is 12.1 Å². The number of pyridine rings is 2.